The Labute approximate surface area is 185 Å². The highest BCUT2D eigenvalue weighted by atomic mass is 35.5. The van der Waals surface area contributed by atoms with Crippen molar-refractivity contribution in [1.29, 1.82) is 0 Å². The molecule has 7 nitrogen and oxygen atoms in total. The second-order valence-corrected chi connectivity index (χ2v) is 8.61. The Bertz CT molecular complexity index is 1180. The van der Waals surface area contributed by atoms with E-state index in [9.17, 15) is 14.0 Å². The molecule has 4 rings (SSSR count). The predicted octanol–water partition coefficient (Wildman–Crippen LogP) is 3.44. The number of halogens is 3. The molecule has 0 aliphatic carbocycles. The predicted molar refractivity (Wildman–Crippen MR) is 115 cm³/mol. The first-order valence-electron chi connectivity index (χ1n) is 9.46. The standard InChI is InChI=1S/C19H18Cl2FN5O2S/c1-2-12-15(22)17(29)27-18(24-12)30-19(25-27)26-8-4-7-13(26)16(28)23-9-10-5-3-6-11(20)14(10)21/h3,5-6,13H,2,4,7-9H2,1H3,(H,23,28). The monoisotopic (exact) mass is 469 g/mol. The second-order valence-electron chi connectivity index (χ2n) is 6.89. The first kappa shape index (κ1) is 21.0. The van der Waals surface area contributed by atoms with Crippen LogP contribution in [0, 0.1) is 5.82 Å². The third-order valence-corrected chi connectivity index (χ3v) is 6.84. The van der Waals surface area contributed by atoms with Gasteiger partial charge >= 0.3 is 5.56 Å². The van der Waals surface area contributed by atoms with Crippen molar-refractivity contribution in [2.45, 2.75) is 38.8 Å². The number of anilines is 1. The van der Waals surface area contributed by atoms with Crippen molar-refractivity contribution in [1.82, 2.24) is 19.9 Å². The number of nitrogens with one attached hydrogen (secondary N) is 1. The zero-order chi connectivity index (χ0) is 21.4. The van der Waals surface area contributed by atoms with Crippen LogP contribution in [0.5, 0.6) is 0 Å². The molecule has 3 aromatic rings. The average Bonchev–Trinajstić information content (AvgIpc) is 3.38. The number of hydrogen-bond donors (Lipinski definition) is 1. The van der Waals surface area contributed by atoms with Crippen molar-refractivity contribution in [3.8, 4) is 0 Å². The zero-order valence-electron chi connectivity index (χ0n) is 16.0. The van der Waals surface area contributed by atoms with Crippen LogP contribution in [0.3, 0.4) is 0 Å². The normalized spacial score (nSPS) is 16.4. The quantitative estimate of drug-likeness (QED) is 0.618. The minimum absolute atomic E-state index is 0.115. The van der Waals surface area contributed by atoms with Crippen molar-refractivity contribution in [2.24, 2.45) is 0 Å². The summed E-state index contributed by atoms with van der Waals surface area (Å²) < 4.78 is 15.1. The fourth-order valence-corrected chi connectivity index (χ4v) is 4.84. The lowest BCUT2D eigenvalue weighted by Crippen LogP contribution is -2.43. The molecule has 11 heteroatoms. The number of benzene rings is 1. The van der Waals surface area contributed by atoms with E-state index in [1.807, 2.05) is 4.90 Å². The van der Waals surface area contributed by atoms with E-state index >= 15 is 0 Å². The van der Waals surface area contributed by atoms with Gasteiger partial charge < -0.3 is 10.2 Å². The van der Waals surface area contributed by atoms with Gasteiger partial charge in [-0.05, 0) is 30.9 Å². The molecule has 30 heavy (non-hydrogen) atoms. The maximum Gasteiger partial charge on any atom is 0.311 e. The number of carbonyl (C=O) groups excluding carboxylic acids is 1. The van der Waals surface area contributed by atoms with E-state index < -0.39 is 17.4 Å². The first-order chi connectivity index (χ1) is 14.4. The van der Waals surface area contributed by atoms with E-state index in [0.717, 1.165) is 16.5 Å². The van der Waals surface area contributed by atoms with Gasteiger partial charge in [-0.1, -0.05) is 53.6 Å². The maximum absolute atomic E-state index is 14.1. The van der Waals surface area contributed by atoms with E-state index in [1.54, 1.807) is 25.1 Å². The zero-order valence-corrected chi connectivity index (χ0v) is 18.3. The van der Waals surface area contributed by atoms with Gasteiger partial charge in [0.1, 0.15) is 6.04 Å². The molecule has 2 aromatic heterocycles. The van der Waals surface area contributed by atoms with Gasteiger partial charge in [0, 0.05) is 13.1 Å². The molecule has 0 spiro atoms. The van der Waals surface area contributed by atoms with E-state index in [1.165, 1.54) is 11.3 Å². The molecule has 3 heterocycles. The number of aryl methyl sites for hydroxylation is 1. The van der Waals surface area contributed by atoms with Gasteiger partial charge in [0.25, 0.3) is 0 Å². The van der Waals surface area contributed by atoms with Crippen LogP contribution >= 0.6 is 34.5 Å². The minimum atomic E-state index is -0.888. The first-order valence-corrected chi connectivity index (χ1v) is 11.0. The van der Waals surface area contributed by atoms with Crippen LogP contribution in [0.1, 0.15) is 31.0 Å². The molecule has 1 unspecified atom stereocenters. The molecule has 158 valence electrons. The number of amides is 1. The van der Waals surface area contributed by atoms with Gasteiger partial charge in [-0.15, -0.1) is 5.10 Å². The largest absolute Gasteiger partial charge is 0.350 e. The second kappa shape index (κ2) is 8.49. The van der Waals surface area contributed by atoms with Crippen LogP contribution in [0.15, 0.2) is 23.0 Å². The van der Waals surface area contributed by atoms with Crippen molar-refractivity contribution < 1.29 is 9.18 Å². The van der Waals surface area contributed by atoms with Crippen molar-refractivity contribution >= 4 is 50.5 Å². The summed E-state index contributed by atoms with van der Waals surface area (Å²) in [6, 6.07) is 4.80. The Morgan fingerprint density at radius 3 is 2.97 bits per heavy atom. The fraction of sp³-hybridized carbons (Fsp3) is 0.368. The summed E-state index contributed by atoms with van der Waals surface area (Å²) in [5.74, 6) is -1.07. The number of carbonyl (C=O) groups is 1. The summed E-state index contributed by atoms with van der Waals surface area (Å²) >= 11 is 13.4. The van der Waals surface area contributed by atoms with E-state index in [0.29, 0.717) is 39.5 Å². The molecule has 1 aromatic carbocycles. The maximum atomic E-state index is 14.1. The molecule has 1 aliphatic rings. The molecular weight excluding hydrogens is 452 g/mol. The van der Waals surface area contributed by atoms with Crippen LogP contribution in [0.2, 0.25) is 10.0 Å². The molecule has 1 amide bonds. The summed E-state index contributed by atoms with van der Waals surface area (Å²) in [6.45, 7) is 2.58. The molecule has 0 saturated carbocycles. The molecule has 1 saturated heterocycles. The lowest BCUT2D eigenvalue weighted by molar-refractivity contribution is -0.122. The number of hydrogen-bond acceptors (Lipinski definition) is 6. The molecular formula is C19H18Cl2FN5O2S. The van der Waals surface area contributed by atoms with Gasteiger partial charge in [-0.2, -0.15) is 8.91 Å². The summed E-state index contributed by atoms with van der Waals surface area (Å²) in [6.07, 6.45) is 1.75. The van der Waals surface area contributed by atoms with Gasteiger partial charge in [0.05, 0.1) is 15.7 Å². The van der Waals surface area contributed by atoms with Gasteiger partial charge in [-0.3, -0.25) is 9.59 Å². The fourth-order valence-electron chi connectivity index (χ4n) is 3.46. The van der Waals surface area contributed by atoms with Gasteiger partial charge in [0.15, 0.2) is 0 Å². The Morgan fingerprint density at radius 1 is 1.40 bits per heavy atom. The molecule has 1 atom stereocenters. The van der Waals surface area contributed by atoms with Crippen LogP contribution in [-0.4, -0.2) is 33.1 Å². The highest BCUT2D eigenvalue weighted by molar-refractivity contribution is 7.20. The van der Waals surface area contributed by atoms with E-state index in [2.05, 4.69) is 15.4 Å². The van der Waals surface area contributed by atoms with Crippen molar-refractivity contribution in [3.05, 3.63) is 55.7 Å². The Hall–Kier alpha value is -2.23. The van der Waals surface area contributed by atoms with E-state index in [-0.39, 0.29) is 18.1 Å². The number of rotatable bonds is 5. The molecule has 1 fully saturated rings. The lowest BCUT2D eigenvalue weighted by atomic mass is 10.2. The Balaban J connectivity index is 1.56. The minimum Gasteiger partial charge on any atom is -0.350 e. The van der Waals surface area contributed by atoms with Gasteiger partial charge in [0.2, 0.25) is 21.8 Å². The number of nitrogens with zero attached hydrogens (tertiary/aromatic N) is 4. The summed E-state index contributed by atoms with van der Waals surface area (Å²) in [4.78, 5) is 31.4. The van der Waals surface area contributed by atoms with Crippen LogP contribution < -0.4 is 15.8 Å². The van der Waals surface area contributed by atoms with Crippen LogP contribution in [-0.2, 0) is 17.8 Å². The van der Waals surface area contributed by atoms with E-state index in [4.69, 9.17) is 23.2 Å². The summed E-state index contributed by atoms with van der Waals surface area (Å²) in [5.41, 5.74) is 0.0137. The smallest absolute Gasteiger partial charge is 0.311 e. The third-order valence-electron chi connectivity index (χ3n) is 5.03. The SMILES string of the molecule is CCc1nc2sc(N3CCCC3C(=O)NCc3cccc(Cl)c3Cl)nn2c(=O)c1F. The summed E-state index contributed by atoms with van der Waals surface area (Å²) in [5, 5.41) is 8.43. The molecule has 1 aliphatic heterocycles. The van der Waals surface area contributed by atoms with Crippen molar-refractivity contribution in [2.75, 3.05) is 11.4 Å². The molecule has 0 radical (unpaired) electrons. The Morgan fingerprint density at radius 2 is 2.20 bits per heavy atom. The Kier molecular flexibility index (Phi) is 5.95. The summed E-state index contributed by atoms with van der Waals surface area (Å²) in [7, 11) is 0. The highest BCUT2D eigenvalue weighted by Gasteiger charge is 2.33. The van der Waals surface area contributed by atoms with Crippen LogP contribution in [0.4, 0.5) is 9.52 Å². The van der Waals surface area contributed by atoms with Crippen LogP contribution in [0.25, 0.3) is 4.96 Å². The number of aromatic nitrogens is 3. The molecule has 1 N–H and O–H groups in total. The topological polar surface area (TPSA) is 79.6 Å². The molecule has 0 bridgehead atoms. The lowest BCUT2D eigenvalue weighted by Gasteiger charge is -2.22. The average molecular weight is 470 g/mol. The highest BCUT2D eigenvalue weighted by Crippen LogP contribution is 2.30. The van der Waals surface area contributed by atoms with Gasteiger partial charge in [-0.25, -0.2) is 4.98 Å². The van der Waals surface area contributed by atoms with Crippen molar-refractivity contribution in [3.63, 3.8) is 0 Å². The third kappa shape index (κ3) is 3.77. The number of fused-ring (bicyclic) bond motifs is 1.